The van der Waals surface area contributed by atoms with E-state index in [0.717, 1.165) is 51.0 Å². The van der Waals surface area contributed by atoms with Gasteiger partial charge in [-0.3, -0.25) is 4.79 Å². The van der Waals surface area contributed by atoms with Crippen LogP contribution in [0.15, 0.2) is 24.3 Å². The Hall–Kier alpha value is -1.86. The van der Waals surface area contributed by atoms with Crippen molar-refractivity contribution < 1.29 is 9.18 Å². The largest absolute Gasteiger partial charge is 0.338 e. The van der Waals surface area contributed by atoms with E-state index in [0.29, 0.717) is 23.0 Å². The van der Waals surface area contributed by atoms with Crippen LogP contribution in [0, 0.1) is 18.7 Å². The highest BCUT2D eigenvalue weighted by Crippen LogP contribution is 2.20. The summed E-state index contributed by atoms with van der Waals surface area (Å²) in [6.07, 6.45) is 3.13. The molecule has 0 bridgehead atoms. The highest BCUT2D eigenvalue weighted by molar-refractivity contribution is 7.07. The zero-order valence-electron chi connectivity index (χ0n) is 16.0. The van der Waals surface area contributed by atoms with E-state index < -0.39 is 0 Å². The average molecular weight is 391 g/mol. The molecule has 0 unspecified atom stereocenters. The van der Waals surface area contributed by atoms with E-state index in [2.05, 4.69) is 14.5 Å². The van der Waals surface area contributed by atoms with Crippen LogP contribution in [-0.2, 0) is 6.42 Å². The van der Waals surface area contributed by atoms with Gasteiger partial charge in [0.25, 0.3) is 5.91 Å². The molecule has 1 fully saturated rings. The van der Waals surface area contributed by atoms with Crippen molar-refractivity contribution in [1.29, 1.82) is 0 Å². The number of hydrogen-bond acceptors (Lipinski definition) is 5. The van der Waals surface area contributed by atoms with Gasteiger partial charge in [0.1, 0.15) is 10.7 Å². The normalized spacial score (nSPS) is 17.8. The monoisotopic (exact) mass is 390 g/mol. The number of rotatable bonds is 7. The molecule has 0 radical (unpaired) electrons. The summed E-state index contributed by atoms with van der Waals surface area (Å²) in [6.45, 7) is 8.30. The van der Waals surface area contributed by atoms with Crippen LogP contribution < -0.4 is 0 Å². The van der Waals surface area contributed by atoms with Gasteiger partial charge in [0.15, 0.2) is 0 Å². The van der Waals surface area contributed by atoms with Crippen molar-refractivity contribution in [1.82, 2.24) is 19.4 Å². The SMILES string of the molecule is CCN(C[C@H]1CCCN(CCc2cccc(F)c2)C1)C(=O)c1snnc1C. The molecule has 1 aromatic heterocycles. The van der Waals surface area contributed by atoms with Crippen molar-refractivity contribution in [2.75, 3.05) is 32.7 Å². The van der Waals surface area contributed by atoms with E-state index in [1.165, 1.54) is 17.6 Å². The fraction of sp³-hybridized carbons (Fsp3) is 0.550. The highest BCUT2D eigenvalue weighted by Gasteiger charge is 2.26. The molecule has 1 aromatic carbocycles. The van der Waals surface area contributed by atoms with Crippen LogP contribution in [0.2, 0.25) is 0 Å². The summed E-state index contributed by atoms with van der Waals surface area (Å²) in [5, 5.41) is 3.96. The maximum Gasteiger partial charge on any atom is 0.267 e. The Labute approximate surface area is 164 Å². The number of likely N-dealkylation sites (tertiary alicyclic amines) is 1. The summed E-state index contributed by atoms with van der Waals surface area (Å²) >= 11 is 1.18. The van der Waals surface area contributed by atoms with Crippen LogP contribution >= 0.6 is 11.5 Å². The van der Waals surface area contributed by atoms with E-state index in [1.54, 1.807) is 12.1 Å². The molecule has 146 valence electrons. The Morgan fingerprint density at radius 2 is 2.30 bits per heavy atom. The van der Waals surface area contributed by atoms with Crippen molar-refractivity contribution in [2.45, 2.75) is 33.1 Å². The number of benzene rings is 1. The van der Waals surface area contributed by atoms with Gasteiger partial charge < -0.3 is 9.80 Å². The second kappa shape index (κ2) is 9.37. The van der Waals surface area contributed by atoms with Gasteiger partial charge in [0, 0.05) is 26.2 Å². The Morgan fingerprint density at radius 3 is 3.00 bits per heavy atom. The number of aryl methyl sites for hydroxylation is 1. The average Bonchev–Trinajstić information content (AvgIpc) is 3.10. The first-order valence-electron chi connectivity index (χ1n) is 9.61. The third-order valence-corrected chi connectivity index (χ3v) is 6.02. The number of piperidine rings is 1. The topological polar surface area (TPSA) is 49.3 Å². The first-order valence-corrected chi connectivity index (χ1v) is 10.4. The first kappa shape index (κ1) is 19.9. The molecule has 0 spiro atoms. The van der Waals surface area contributed by atoms with Gasteiger partial charge in [-0.25, -0.2) is 4.39 Å². The third kappa shape index (κ3) is 5.32. The van der Waals surface area contributed by atoms with Gasteiger partial charge in [-0.15, -0.1) is 5.10 Å². The summed E-state index contributed by atoms with van der Waals surface area (Å²) in [5.74, 6) is 0.340. The number of amides is 1. The van der Waals surface area contributed by atoms with Crippen LogP contribution in [0.3, 0.4) is 0 Å². The molecule has 0 aliphatic carbocycles. The molecular weight excluding hydrogens is 363 g/mol. The lowest BCUT2D eigenvalue weighted by atomic mass is 9.96. The standard InChI is InChI=1S/C20H27FN4OS/c1-3-25(20(26)19-15(2)22-23-27-19)14-17-7-5-10-24(13-17)11-9-16-6-4-8-18(21)12-16/h4,6,8,12,17H,3,5,7,9-11,13-14H2,1-2H3/t17-/m0/s1. The minimum atomic E-state index is -0.172. The Bertz CT molecular complexity index is 766. The zero-order chi connectivity index (χ0) is 19.2. The van der Waals surface area contributed by atoms with Gasteiger partial charge in [-0.1, -0.05) is 16.6 Å². The summed E-state index contributed by atoms with van der Waals surface area (Å²) in [4.78, 5) is 17.8. The van der Waals surface area contributed by atoms with Gasteiger partial charge in [-0.2, -0.15) is 0 Å². The van der Waals surface area contributed by atoms with Gasteiger partial charge >= 0.3 is 0 Å². The lowest BCUT2D eigenvalue weighted by molar-refractivity contribution is 0.0694. The third-order valence-electron chi connectivity index (χ3n) is 5.20. The molecule has 1 amide bonds. The lowest BCUT2D eigenvalue weighted by Gasteiger charge is -2.35. The van der Waals surface area contributed by atoms with Gasteiger partial charge in [-0.05, 0) is 74.8 Å². The molecule has 2 heterocycles. The number of aromatic nitrogens is 2. The van der Waals surface area contributed by atoms with Gasteiger partial charge in [0.2, 0.25) is 0 Å². The minimum Gasteiger partial charge on any atom is -0.338 e. The molecule has 0 saturated carbocycles. The van der Waals surface area contributed by atoms with Crippen LogP contribution in [0.5, 0.6) is 0 Å². The summed E-state index contributed by atoms with van der Waals surface area (Å²) in [5.41, 5.74) is 1.75. The Morgan fingerprint density at radius 1 is 1.44 bits per heavy atom. The predicted octanol–water partition coefficient (Wildman–Crippen LogP) is 3.40. The first-order chi connectivity index (χ1) is 13.1. The number of hydrogen-bond donors (Lipinski definition) is 0. The van der Waals surface area contributed by atoms with Crippen molar-refractivity contribution >= 4 is 17.4 Å². The van der Waals surface area contributed by atoms with Crippen LogP contribution in [0.25, 0.3) is 0 Å². The molecular formula is C20H27FN4OS. The molecule has 1 atom stereocenters. The number of carbonyl (C=O) groups is 1. The second-order valence-corrected chi connectivity index (χ2v) is 7.97. The van der Waals surface area contributed by atoms with Crippen molar-refractivity contribution in [3.8, 4) is 0 Å². The fourth-order valence-corrected chi connectivity index (χ4v) is 4.35. The number of carbonyl (C=O) groups excluding carboxylic acids is 1. The Kier molecular flexibility index (Phi) is 6.90. The predicted molar refractivity (Wildman–Crippen MR) is 105 cm³/mol. The Balaban J connectivity index is 1.54. The summed E-state index contributed by atoms with van der Waals surface area (Å²) in [7, 11) is 0. The van der Waals surface area contributed by atoms with Crippen molar-refractivity contribution in [3.63, 3.8) is 0 Å². The molecule has 2 aromatic rings. The number of halogens is 1. The second-order valence-electron chi connectivity index (χ2n) is 7.22. The van der Waals surface area contributed by atoms with Gasteiger partial charge in [0.05, 0.1) is 5.69 Å². The van der Waals surface area contributed by atoms with Crippen LogP contribution in [0.4, 0.5) is 4.39 Å². The minimum absolute atomic E-state index is 0.0434. The molecule has 5 nitrogen and oxygen atoms in total. The van der Waals surface area contributed by atoms with E-state index >= 15 is 0 Å². The fourth-order valence-electron chi connectivity index (χ4n) is 3.72. The van der Waals surface area contributed by atoms with Crippen molar-refractivity contribution in [3.05, 3.63) is 46.2 Å². The maximum absolute atomic E-state index is 13.3. The van der Waals surface area contributed by atoms with E-state index in [1.807, 2.05) is 24.8 Å². The summed E-state index contributed by atoms with van der Waals surface area (Å²) < 4.78 is 17.2. The quantitative estimate of drug-likeness (QED) is 0.727. The van der Waals surface area contributed by atoms with Crippen molar-refractivity contribution in [2.24, 2.45) is 5.92 Å². The van der Waals surface area contributed by atoms with E-state index in [-0.39, 0.29) is 11.7 Å². The van der Waals surface area contributed by atoms with E-state index in [4.69, 9.17) is 0 Å². The molecule has 1 aliphatic rings. The molecule has 1 aliphatic heterocycles. The smallest absolute Gasteiger partial charge is 0.267 e. The lowest BCUT2D eigenvalue weighted by Crippen LogP contribution is -2.43. The van der Waals surface area contributed by atoms with Crippen LogP contribution in [0.1, 0.15) is 40.7 Å². The molecule has 7 heteroatoms. The van der Waals surface area contributed by atoms with Crippen LogP contribution in [-0.4, -0.2) is 58.0 Å². The maximum atomic E-state index is 13.3. The molecule has 27 heavy (non-hydrogen) atoms. The number of nitrogens with zero attached hydrogens (tertiary/aromatic N) is 4. The highest BCUT2D eigenvalue weighted by atomic mass is 32.1. The molecule has 3 rings (SSSR count). The van der Waals surface area contributed by atoms with E-state index in [9.17, 15) is 9.18 Å². The molecule has 1 saturated heterocycles. The summed E-state index contributed by atoms with van der Waals surface area (Å²) in [6, 6.07) is 6.85. The molecule has 0 N–H and O–H groups in total. The zero-order valence-corrected chi connectivity index (χ0v) is 16.8.